The van der Waals surface area contributed by atoms with Crippen LogP contribution in [0.5, 0.6) is 0 Å². The number of carbonyl (C=O) groups is 1. The van der Waals surface area contributed by atoms with E-state index in [0.29, 0.717) is 25.5 Å². The van der Waals surface area contributed by atoms with Gasteiger partial charge < -0.3 is 15.4 Å². The molecule has 0 aliphatic rings. The topological polar surface area (TPSA) is 80.5 Å². The summed E-state index contributed by atoms with van der Waals surface area (Å²) in [4.78, 5) is 15.3. The van der Waals surface area contributed by atoms with Gasteiger partial charge in [-0.15, -0.1) is 0 Å². The third kappa shape index (κ3) is 5.07. The standard InChI is InChI=1S/C18H25N5O2/c1-13-11-14(2)23(22-13)16-8-6-5-7-15(16)12-21-18(19-3)20-10-9-17(24)25-4/h5-8,11H,9-10,12H2,1-4H3,(H2,19,20,21). The first-order valence-electron chi connectivity index (χ1n) is 8.18. The van der Waals surface area contributed by atoms with Gasteiger partial charge in [0.1, 0.15) is 0 Å². The molecule has 7 nitrogen and oxygen atoms in total. The van der Waals surface area contributed by atoms with E-state index in [-0.39, 0.29) is 5.97 Å². The molecule has 0 saturated carbocycles. The fourth-order valence-electron chi connectivity index (χ4n) is 2.52. The number of hydrogen-bond donors (Lipinski definition) is 2. The van der Waals surface area contributed by atoms with Gasteiger partial charge >= 0.3 is 5.97 Å². The second-order valence-corrected chi connectivity index (χ2v) is 5.65. The average Bonchev–Trinajstić information content (AvgIpc) is 2.96. The molecule has 2 N–H and O–H groups in total. The number of aryl methyl sites for hydroxylation is 2. The molecule has 0 bridgehead atoms. The highest BCUT2D eigenvalue weighted by molar-refractivity contribution is 5.80. The van der Waals surface area contributed by atoms with Crippen molar-refractivity contribution in [3.05, 3.63) is 47.3 Å². The Hall–Kier alpha value is -2.83. The first-order valence-corrected chi connectivity index (χ1v) is 8.18. The smallest absolute Gasteiger partial charge is 0.307 e. The molecule has 1 aromatic heterocycles. The summed E-state index contributed by atoms with van der Waals surface area (Å²) >= 11 is 0. The van der Waals surface area contributed by atoms with E-state index in [1.54, 1.807) is 7.05 Å². The number of rotatable bonds is 6. The highest BCUT2D eigenvalue weighted by atomic mass is 16.5. The quantitative estimate of drug-likeness (QED) is 0.474. The molecule has 0 spiro atoms. The van der Waals surface area contributed by atoms with Crippen molar-refractivity contribution < 1.29 is 9.53 Å². The van der Waals surface area contributed by atoms with Gasteiger partial charge in [-0.05, 0) is 31.5 Å². The molecule has 0 saturated heterocycles. The summed E-state index contributed by atoms with van der Waals surface area (Å²) < 4.78 is 6.57. The molecule has 134 valence electrons. The lowest BCUT2D eigenvalue weighted by molar-refractivity contribution is -0.140. The Balaban J connectivity index is 2.03. The molecule has 0 aliphatic heterocycles. The molecule has 1 aromatic carbocycles. The number of esters is 1. The molecule has 2 rings (SSSR count). The molecule has 0 amide bonds. The Morgan fingerprint density at radius 3 is 2.68 bits per heavy atom. The molecule has 0 aliphatic carbocycles. The van der Waals surface area contributed by atoms with Crippen LogP contribution in [0.15, 0.2) is 35.3 Å². The van der Waals surface area contributed by atoms with Gasteiger partial charge in [0.15, 0.2) is 5.96 Å². The van der Waals surface area contributed by atoms with Crippen molar-refractivity contribution in [1.29, 1.82) is 0 Å². The second kappa shape index (κ2) is 8.86. The monoisotopic (exact) mass is 343 g/mol. The molecule has 1 heterocycles. The largest absolute Gasteiger partial charge is 0.469 e. The number of ether oxygens (including phenoxy) is 1. The number of aromatic nitrogens is 2. The predicted octanol–water partition coefficient (Wildman–Crippen LogP) is 1.72. The number of guanidine groups is 1. The van der Waals surface area contributed by atoms with E-state index in [9.17, 15) is 4.79 Å². The number of aliphatic imine (C=N–C) groups is 1. The molecular weight excluding hydrogens is 318 g/mol. The minimum Gasteiger partial charge on any atom is -0.469 e. The summed E-state index contributed by atoms with van der Waals surface area (Å²) in [6, 6.07) is 10.2. The summed E-state index contributed by atoms with van der Waals surface area (Å²) in [5.74, 6) is 0.380. The minimum absolute atomic E-state index is 0.252. The Morgan fingerprint density at radius 2 is 2.04 bits per heavy atom. The number of nitrogens with zero attached hydrogens (tertiary/aromatic N) is 3. The van der Waals surface area contributed by atoms with Crippen molar-refractivity contribution in [2.75, 3.05) is 20.7 Å². The summed E-state index contributed by atoms with van der Waals surface area (Å²) in [6.07, 6.45) is 0.291. The zero-order chi connectivity index (χ0) is 18.2. The molecule has 0 radical (unpaired) electrons. The summed E-state index contributed by atoms with van der Waals surface area (Å²) in [5, 5.41) is 10.9. The number of methoxy groups -OCH3 is 1. The Labute approximate surface area is 148 Å². The van der Waals surface area contributed by atoms with Crippen molar-refractivity contribution in [1.82, 2.24) is 20.4 Å². The zero-order valence-electron chi connectivity index (χ0n) is 15.2. The van der Waals surface area contributed by atoms with Crippen LogP contribution in [0.25, 0.3) is 5.69 Å². The molecule has 0 fully saturated rings. The van der Waals surface area contributed by atoms with Crippen LogP contribution < -0.4 is 10.6 Å². The Kier molecular flexibility index (Phi) is 6.56. The SMILES string of the molecule is CN=C(NCCC(=O)OC)NCc1ccccc1-n1nc(C)cc1C. The molecule has 0 atom stereocenters. The van der Waals surface area contributed by atoms with Crippen LogP contribution in [0, 0.1) is 13.8 Å². The van der Waals surface area contributed by atoms with Crippen LogP contribution in [-0.2, 0) is 16.1 Å². The lowest BCUT2D eigenvalue weighted by Crippen LogP contribution is -2.38. The van der Waals surface area contributed by atoms with Crippen molar-refractivity contribution in [3.8, 4) is 5.69 Å². The molecule has 7 heteroatoms. The number of nitrogens with one attached hydrogen (secondary N) is 2. The van der Waals surface area contributed by atoms with E-state index in [1.165, 1.54) is 7.11 Å². The number of benzene rings is 1. The van der Waals surface area contributed by atoms with E-state index >= 15 is 0 Å². The zero-order valence-corrected chi connectivity index (χ0v) is 15.2. The number of hydrogen-bond acceptors (Lipinski definition) is 4. The maximum absolute atomic E-state index is 11.2. The van der Waals surface area contributed by atoms with Crippen molar-refractivity contribution in [2.45, 2.75) is 26.8 Å². The van der Waals surface area contributed by atoms with E-state index in [2.05, 4.69) is 37.6 Å². The van der Waals surface area contributed by atoms with Crippen LogP contribution in [0.2, 0.25) is 0 Å². The maximum Gasteiger partial charge on any atom is 0.307 e. The average molecular weight is 343 g/mol. The van der Waals surface area contributed by atoms with Gasteiger partial charge in [0.25, 0.3) is 0 Å². The fourth-order valence-corrected chi connectivity index (χ4v) is 2.52. The van der Waals surface area contributed by atoms with E-state index < -0.39 is 0 Å². The predicted molar refractivity (Wildman–Crippen MR) is 97.9 cm³/mol. The van der Waals surface area contributed by atoms with Gasteiger partial charge in [-0.3, -0.25) is 9.79 Å². The second-order valence-electron chi connectivity index (χ2n) is 5.65. The van der Waals surface area contributed by atoms with Gasteiger partial charge in [0.05, 0.1) is 24.9 Å². The Bertz CT molecular complexity index is 752. The molecule has 0 unspecified atom stereocenters. The minimum atomic E-state index is -0.252. The van der Waals surface area contributed by atoms with Crippen molar-refractivity contribution >= 4 is 11.9 Å². The summed E-state index contributed by atoms with van der Waals surface area (Å²) in [5.41, 5.74) is 4.21. The van der Waals surface area contributed by atoms with Gasteiger partial charge in [-0.1, -0.05) is 18.2 Å². The van der Waals surface area contributed by atoms with Crippen LogP contribution in [0.1, 0.15) is 23.4 Å². The lowest BCUT2D eigenvalue weighted by atomic mass is 10.1. The third-order valence-electron chi connectivity index (χ3n) is 3.75. The first-order chi connectivity index (χ1) is 12.0. The Morgan fingerprint density at radius 1 is 1.28 bits per heavy atom. The van der Waals surface area contributed by atoms with Crippen LogP contribution in [0.4, 0.5) is 0 Å². The van der Waals surface area contributed by atoms with E-state index in [4.69, 9.17) is 0 Å². The summed E-state index contributed by atoms with van der Waals surface area (Å²) in [6.45, 7) is 5.08. The lowest BCUT2D eigenvalue weighted by Gasteiger charge is -2.14. The third-order valence-corrected chi connectivity index (χ3v) is 3.75. The van der Waals surface area contributed by atoms with Crippen LogP contribution >= 0.6 is 0 Å². The number of para-hydroxylation sites is 1. The molecule has 25 heavy (non-hydrogen) atoms. The molecular formula is C18H25N5O2. The van der Waals surface area contributed by atoms with Crippen LogP contribution in [-0.4, -0.2) is 42.4 Å². The van der Waals surface area contributed by atoms with E-state index in [1.807, 2.05) is 36.7 Å². The highest BCUT2D eigenvalue weighted by Gasteiger charge is 2.09. The molecule has 2 aromatic rings. The van der Waals surface area contributed by atoms with Crippen LogP contribution in [0.3, 0.4) is 0 Å². The maximum atomic E-state index is 11.2. The highest BCUT2D eigenvalue weighted by Crippen LogP contribution is 2.16. The number of carbonyl (C=O) groups excluding carboxylic acids is 1. The normalized spacial score (nSPS) is 11.3. The van der Waals surface area contributed by atoms with Crippen molar-refractivity contribution in [2.24, 2.45) is 4.99 Å². The summed E-state index contributed by atoms with van der Waals surface area (Å²) in [7, 11) is 3.08. The van der Waals surface area contributed by atoms with Gasteiger partial charge in [0.2, 0.25) is 0 Å². The van der Waals surface area contributed by atoms with Gasteiger partial charge in [-0.2, -0.15) is 5.10 Å². The van der Waals surface area contributed by atoms with Crippen molar-refractivity contribution in [3.63, 3.8) is 0 Å². The van der Waals surface area contributed by atoms with Gasteiger partial charge in [0, 0.05) is 25.8 Å². The fraction of sp³-hybridized carbons (Fsp3) is 0.389. The van der Waals surface area contributed by atoms with Gasteiger partial charge in [-0.25, -0.2) is 4.68 Å². The van der Waals surface area contributed by atoms with E-state index in [0.717, 1.165) is 22.6 Å². The first kappa shape index (κ1) is 18.5.